The number of hydrogen-bond acceptors (Lipinski definition) is 4. The molecule has 0 amide bonds. The van der Waals surface area contributed by atoms with Crippen LogP contribution in [0, 0.1) is 0 Å². The summed E-state index contributed by atoms with van der Waals surface area (Å²) < 4.78 is 11.7. The van der Waals surface area contributed by atoms with E-state index < -0.39 is 0 Å². The van der Waals surface area contributed by atoms with Crippen LogP contribution in [0.25, 0.3) is 33.9 Å². The van der Waals surface area contributed by atoms with E-state index in [1.54, 1.807) is 6.21 Å². The van der Waals surface area contributed by atoms with Crippen LogP contribution in [0.3, 0.4) is 0 Å². The lowest BCUT2D eigenvalue weighted by atomic mass is 10.2. The zero-order valence-electron chi connectivity index (χ0n) is 15.2. The molecular formula is C24H15ClN2O2. The van der Waals surface area contributed by atoms with Gasteiger partial charge in [0.2, 0.25) is 5.89 Å². The molecule has 2 heterocycles. The molecule has 4 nitrogen and oxygen atoms in total. The van der Waals surface area contributed by atoms with Gasteiger partial charge in [-0.3, -0.25) is 4.99 Å². The van der Waals surface area contributed by atoms with Crippen molar-refractivity contribution in [3.05, 3.63) is 95.7 Å². The maximum atomic E-state index is 5.94. The summed E-state index contributed by atoms with van der Waals surface area (Å²) in [6.45, 7) is 0. The van der Waals surface area contributed by atoms with Crippen LogP contribution in [0.1, 0.15) is 5.76 Å². The Morgan fingerprint density at radius 2 is 1.62 bits per heavy atom. The van der Waals surface area contributed by atoms with Crippen molar-refractivity contribution in [1.82, 2.24) is 4.98 Å². The quantitative estimate of drug-likeness (QED) is 0.302. The Balaban J connectivity index is 1.39. The molecule has 0 saturated carbocycles. The van der Waals surface area contributed by atoms with Crippen molar-refractivity contribution in [3.8, 4) is 22.8 Å². The van der Waals surface area contributed by atoms with Crippen molar-refractivity contribution in [1.29, 1.82) is 0 Å². The normalized spacial score (nSPS) is 11.5. The molecule has 0 aliphatic carbocycles. The fourth-order valence-corrected chi connectivity index (χ4v) is 3.16. The first kappa shape index (κ1) is 17.5. The topological polar surface area (TPSA) is 51.5 Å². The van der Waals surface area contributed by atoms with Crippen molar-refractivity contribution in [2.24, 2.45) is 4.99 Å². The summed E-state index contributed by atoms with van der Waals surface area (Å²) in [5.41, 5.74) is 4.17. The minimum atomic E-state index is 0.598. The highest BCUT2D eigenvalue weighted by Gasteiger charge is 2.08. The number of oxazole rings is 1. The van der Waals surface area contributed by atoms with Gasteiger partial charge in [0, 0.05) is 16.1 Å². The van der Waals surface area contributed by atoms with E-state index >= 15 is 0 Å². The molecule has 5 rings (SSSR count). The lowest BCUT2D eigenvalue weighted by Gasteiger charge is -1.96. The molecule has 5 aromatic rings. The molecule has 0 aliphatic rings. The predicted molar refractivity (Wildman–Crippen MR) is 116 cm³/mol. The second-order valence-corrected chi connectivity index (χ2v) is 6.94. The van der Waals surface area contributed by atoms with Crippen LogP contribution in [0.4, 0.5) is 5.69 Å². The van der Waals surface area contributed by atoms with E-state index in [0.29, 0.717) is 16.7 Å². The number of aliphatic imine (C=N–C) groups is 1. The van der Waals surface area contributed by atoms with E-state index in [0.717, 1.165) is 33.7 Å². The molecule has 0 spiro atoms. The summed E-state index contributed by atoms with van der Waals surface area (Å²) in [5, 5.41) is 0.695. The van der Waals surface area contributed by atoms with E-state index in [1.165, 1.54) is 0 Å². The third-order valence-corrected chi connectivity index (χ3v) is 4.74. The molecule has 0 bridgehead atoms. The van der Waals surface area contributed by atoms with Gasteiger partial charge in [0.25, 0.3) is 0 Å². The Hall–Kier alpha value is -3.63. The van der Waals surface area contributed by atoms with Gasteiger partial charge in [-0.1, -0.05) is 29.8 Å². The Labute approximate surface area is 172 Å². The van der Waals surface area contributed by atoms with Crippen molar-refractivity contribution in [3.63, 3.8) is 0 Å². The van der Waals surface area contributed by atoms with Crippen LogP contribution < -0.4 is 0 Å². The molecule has 0 radical (unpaired) electrons. The summed E-state index contributed by atoms with van der Waals surface area (Å²) in [6.07, 6.45) is 1.69. The molecule has 0 aliphatic heterocycles. The Morgan fingerprint density at radius 1 is 0.793 bits per heavy atom. The first-order valence-corrected chi connectivity index (χ1v) is 9.48. The van der Waals surface area contributed by atoms with Crippen LogP contribution >= 0.6 is 11.6 Å². The maximum Gasteiger partial charge on any atom is 0.227 e. The first-order chi connectivity index (χ1) is 14.2. The second kappa shape index (κ2) is 7.41. The summed E-state index contributed by atoms with van der Waals surface area (Å²) in [6, 6.07) is 26.8. The van der Waals surface area contributed by atoms with Gasteiger partial charge in [0.05, 0.1) is 11.9 Å². The van der Waals surface area contributed by atoms with E-state index in [2.05, 4.69) is 9.98 Å². The monoisotopic (exact) mass is 398 g/mol. The van der Waals surface area contributed by atoms with Crippen molar-refractivity contribution >= 4 is 34.6 Å². The molecule has 0 fully saturated rings. The highest BCUT2D eigenvalue weighted by molar-refractivity contribution is 6.30. The Bertz CT molecular complexity index is 1300. The average molecular weight is 399 g/mol. The van der Waals surface area contributed by atoms with Crippen molar-refractivity contribution in [2.75, 3.05) is 0 Å². The molecule has 0 saturated heterocycles. The molecule has 29 heavy (non-hydrogen) atoms. The van der Waals surface area contributed by atoms with Gasteiger partial charge in [0.15, 0.2) is 5.58 Å². The van der Waals surface area contributed by atoms with E-state index in [1.807, 2.05) is 84.9 Å². The number of rotatable bonds is 4. The zero-order valence-corrected chi connectivity index (χ0v) is 16.0. The molecule has 0 N–H and O–H groups in total. The molecule has 0 unspecified atom stereocenters. The highest BCUT2D eigenvalue weighted by atomic mass is 35.5. The molecule has 0 atom stereocenters. The largest absolute Gasteiger partial charge is 0.455 e. The van der Waals surface area contributed by atoms with Gasteiger partial charge in [-0.2, -0.15) is 0 Å². The minimum Gasteiger partial charge on any atom is -0.455 e. The lowest BCUT2D eigenvalue weighted by molar-refractivity contribution is 0.575. The highest BCUT2D eigenvalue weighted by Crippen LogP contribution is 2.27. The number of hydrogen-bond donors (Lipinski definition) is 0. The predicted octanol–water partition coefficient (Wildman–Crippen LogP) is 7.16. The number of aromatic nitrogens is 1. The number of nitrogens with zero attached hydrogens (tertiary/aromatic N) is 2. The first-order valence-electron chi connectivity index (χ1n) is 9.10. The zero-order chi connectivity index (χ0) is 19.6. The number of fused-ring (bicyclic) bond motifs is 1. The van der Waals surface area contributed by atoms with Gasteiger partial charge in [-0.25, -0.2) is 4.98 Å². The van der Waals surface area contributed by atoms with Crippen LogP contribution in [0.2, 0.25) is 5.02 Å². The molecule has 2 aromatic heterocycles. The van der Waals surface area contributed by atoms with Crippen LogP contribution in [0.5, 0.6) is 0 Å². The van der Waals surface area contributed by atoms with Crippen molar-refractivity contribution < 1.29 is 8.83 Å². The van der Waals surface area contributed by atoms with Gasteiger partial charge in [-0.05, 0) is 66.7 Å². The Kier molecular flexibility index (Phi) is 4.47. The van der Waals surface area contributed by atoms with Gasteiger partial charge in [0.1, 0.15) is 17.0 Å². The Morgan fingerprint density at radius 3 is 2.45 bits per heavy atom. The van der Waals surface area contributed by atoms with Crippen molar-refractivity contribution in [2.45, 2.75) is 0 Å². The smallest absolute Gasteiger partial charge is 0.227 e. The fraction of sp³-hybridized carbons (Fsp3) is 0. The second-order valence-electron chi connectivity index (χ2n) is 6.50. The number of benzene rings is 3. The number of halogens is 1. The lowest BCUT2D eigenvalue weighted by Crippen LogP contribution is -1.76. The summed E-state index contributed by atoms with van der Waals surface area (Å²) in [7, 11) is 0. The van der Waals surface area contributed by atoms with Crippen LogP contribution in [-0.2, 0) is 0 Å². The summed E-state index contributed by atoms with van der Waals surface area (Å²) in [5.74, 6) is 2.03. The van der Waals surface area contributed by atoms with Gasteiger partial charge < -0.3 is 8.83 Å². The third kappa shape index (κ3) is 3.71. The third-order valence-electron chi connectivity index (χ3n) is 4.49. The standard InChI is InChI=1S/C24H15ClN2O2/c25-18-8-6-16(7-9-18)22-13-11-20(28-22)15-26-19-10-12-23-21(14-19)27-24(29-23)17-4-2-1-3-5-17/h1-15H. The summed E-state index contributed by atoms with van der Waals surface area (Å²) >= 11 is 5.94. The SMILES string of the molecule is Clc1ccc(-c2ccc(C=Nc3ccc4oc(-c5ccccc5)nc4c3)o2)cc1. The van der Waals surface area contributed by atoms with E-state index in [4.69, 9.17) is 20.4 Å². The molecule has 5 heteroatoms. The summed E-state index contributed by atoms with van der Waals surface area (Å²) in [4.78, 5) is 9.08. The number of furan rings is 1. The maximum absolute atomic E-state index is 5.94. The van der Waals surface area contributed by atoms with Gasteiger partial charge in [-0.15, -0.1) is 0 Å². The molecule has 3 aromatic carbocycles. The molecular weight excluding hydrogens is 384 g/mol. The van der Waals surface area contributed by atoms with Crippen LogP contribution in [-0.4, -0.2) is 11.2 Å². The molecule has 140 valence electrons. The van der Waals surface area contributed by atoms with E-state index in [-0.39, 0.29) is 0 Å². The van der Waals surface area contributed by atoms with Crippen LogP contribution in [0.15, 0.2) is 98.8 Å². The average Bonchev–Trinajstić information content (AvgIpc) is 3.40. The minimum absolute atomic E-state index is 0.598. The van der Waals surface area contributed by atoms with Gasteiger partial charge >= 0.3 is 0 Å². The van der Waals surface area contributed by atoms with E-state index in [9.17, 15) is 0 Å². The fourth-order valence-electron chi connectivity index (χ4n) is 3.03.